The lowest BCUT2D eigenvalue weighted by Crippen LogP contribution is -2.47. The molecule has 1 atom stereocenters. The summed E-state index contributed by atoms with van der Waals surface area (Å²) in [6, 6.07) is -1.21. The van der Waals surface area contributed by atoms with Gasteiger partial charge in [0.1, 0.15) is 0 Å². The average Bonchev–Trinajstić information content (AvgIpc) is 2.29. The van der Waals surface area contributed by atoms with Crippen LogP contribution in [0.25, 0.3) is 0 Å². The maximum absolute atomic E-state index is 11.5. The van der Waals surface area contributed by atoms with E-state index in [2.05, 4.69) is 23.9 Å². The van der Waals surface area contributed by atoms with Crippen LogP contribution in [0.15, 0.2) is 0 Å². The van der Waals surface area contributed by atoms with Crippen LogP contribution in [0.5, 0.6) is 0 Å². The van der Waals surface area contributed by atoms with Gasteiger partial charge in [-0.25, -0.2) is 4.79 Å². The number of esters is 1. The molecule has 0 bridgehead atoms. The summed E-state index contributed by atoms with van der Waals surface area (Å²) in [4.78, 5) is 22.6. The quantitative estimate of drug-likeness (QED) is 0.491. The third-order valence-corrected chi connectivity index (χ3v) is 2.54. The highest BCUT2D eigenvalue weighted by atomic mass is 16.5. The van der Waals surface area contributed by atoms with Crippen molar-refractivity contribution < 1.29 is 14.3 Å². The molecule has 0 aromatic rings. The van der Waals surface area contributed by atoms with E-state index in [1.54, 1.807) is 6.92 Å². The molecule has 16 heavy (non-hydrogen) atoms. The Bertz CT molecular complexity index is 227. The predicted octanol–water partition coefficient (Wildman–Crippen LogP) is 0.429. The van der Waals surface area contributed by atoms with E-state index in [9.17, 15) is 9.59 Å². The summed E-state index contributed by atoms with van der Waals surface area (Å²) >= 11 is 0. The molecule has 5 nitrogen and oxygen atoms in total. The van der Waals surface area contributed by atoms with Crippen molar-refractivity contribution in [2.24, 2.45) is 11.7 Å². The molecule has 0 fully saturated rings. The fraction of sp³-hybridized carbons (Fsp3) is 0.818. The van der Waals surface area contributed by atoms with Gasteiger partial charge in [0, 0.05) is 6.54 Å². The van der Waals surface area contributed by atoms with Gasteiger partial charge in [-0.3, -0.25) is 4.79 Å². The van der Waals surface area contributed by atoms with Gasteiger partial charge in [0.05, 0.1) is 6.61 Å². The lowest BCUT2D eigenvalue weighted by molar-refractivity contribution is -0.148. The van der Waals surface area contributed by atoms with Gasteiger partial charge in [0.25, 0.3) is 0 Å². The molecule has 0 aromatic carbocycles. The maximum atomic E-state index is 11.5. The number of nitrogens with two attached hydrogens (primary N) is 1. The Balaban J connectivity index is 4.00. The second-order valence-corrected chi connectivity index (χ2v) is 3.66. The molecule has 0 radical (unpaired) electrons. The standard InChI is InChI=1S/C11H22N2O3/c1-4-8(5-2)7-13-10(14)9(12)11(15)16-6-3/h8-9H,4-7,12H2,1-3H3,(H,13,14). The largest absolute Gasteiger partial charge is 0.464 e. The SMILES string of the molecule is CCOC(=O)C(N)C(=O)NCC(CC)CC. The zero-order chi connectivity index (χ0) is 12.6. The Kier molecular flexibility index (Phi) is 7.54. The second kappa shape index (κ2) is 8.10. The van der Waals surface area contributed by atoms with Crippen molar-refractivity contribution in [3.63, 3.8) is 0 Å². The summed E-state index contributed by atoms with van der Waals surface area (Å²) in [5.41, 5.74) is 5.43. The van der Waals surface area contributed by atoms with Crippen molar-refractivity contribution in [3.8, 4) is 0 Å². The molecular weight excluding hydrogens is 208 g/mol. The number of hydrogen-bond donors (Lipinski definition) is 2. The first-order chi connectivity index (χ1) is 7.56. The average molecular weight is 230 g/mol. The minimum absolute atomic E-state index is 0.229. The van der Waals surface area contributed by atoms with Gasteiger partial charge < -0.3 is 15.8 Å². The fourth-order valence-corrected chi connectivity index (χ4v) is 1.27. The topological polar surface area (TPSA) is 81.4 Å². The van der Waals surface area contributed by atoms with E-state index in [4.69, 9.17) is 5.73 Å². The van der Waals surface area contributed by atoms with Gasteiger partial charge in [-0.2, -0.15) is 0 Å². The Morgan fingerprint density at radius 3 is 2.25 bits per heavy atom. The van der Waals surface area contributed by atoms with Gasteiger partial charge in [0.2, 0.25) is 5.91 Å². The zero-order valence-corrected chi connectivity index (χ0v) is 10.3. The van der Waals surface area contributed by atoms with E-state index in [-0.39, 0.29) is 6.61 Å². The summed E-state index contributed by atoms with van der Waals surface area (Å²) in [7, 11) is 0. The summed E-state index contributed by atoms with van der Waals surface area (Å²) in [5, 5.41) is 2.66. The Labute approximate surface area is 96.7 Å². The van der Waals surface area contributed by atoms with Gasteiger partial charge in [-0.05, 0) is 12.8 Å². The first kappa shape index (κ1) is 14.9. The molecule has 0 saturated carbocycles. The number of hydrogen-bond acceptors (Lipinski definition) is 4. The Morgan fingerprint density at radius 2 is 1.81 bits per heavy atom. The summed E-state index contributed by atoms with van der Waals surface area (Å²) in [6.07, 6.45) is 1.98. The lowest BCUT2D eigenvalue weighted by atomic mass is 10.0. The fourth-order valence-electron chi connectivity index (χ4n) is 1.27. The Hall–Kier alpha value is -1.10. The van der Waals surface area contributed by atoms with E-state index in [1.165, 1.54) is 0 Å². The highest BCUT2D eigenvalue weighted by Gasteiger charge is 2.23. The molecule has 3 N–H and O–H groups in total. The summed E-state index contributed by atoms with van der Waals surface area (Å²) in [6.45, 7) is 6.58. The number of ether oxygens (including phenoxy) is 1. The second-order valence-electron chi connectivity index (χ2n) is 3.66. The van der Waals surface area contributed by atoms with Crippen LogP contribution in [0, 0.1) is 5.92 Å². The van der Waals surface area contributed by atoms with Crippen molar-refractivity contribution in [1.82, 2.24) is 5.32 Å². The van der Waals surface area contributed by atoms with Gasteiger partial charge in [-0.1, -0.05) is 26.7 Å². The van der Waals surface area contributed by atoms with Gasteiger partial charge >= 0.3 is 5.97 Å². The third kappa shape index (κ3) is 5.11. The normalized spacial score (nSPS) is 12.3. The van der Waals surface area contributed by atoms with Crippen LogP contribution in [0.2, 0.25) is 0 Å². The van der Waals surface area contributed by atoms with Crippen LogP contribution >= 0.6 is 0 Å². The predicted molar refractivity (Wildman–Crippen MR) is 61.7 cm³/mol. The zero-order valence-electron chi connectivity index (χ0n) is 10.3. The van der Waals surface area contributed by atoms with Crippen LogP contribution in [0.4, 0.5) is 0 Å². The van der Waals surface area contributed by atoms with Crippen LogP contribution in [-0.4, -0.2) is 31.1 Å². The molecule has 0 heterocycles. The summed E-state index contributed by atoms with van der Waals surface area (Å²) in [5.74, 6) is -0.715. The molecule has 0 aromatic heterocycles. The van der Waals surface area contributed by atoms with E-state index < -0.39 is 17.9 Å². The van der Waals surface area contributed by atoms with Crippen molar-refractivity contribution in [3.05, 3.63) is 0 Å². The maximum Gasteiger partial charge on any atom is 0.332 e. The van der Waals surface area contributed by atoms with Crippen molar-refractivity contribution >= 4 is 11.9 Å². The molecule has 1 unspecified atom stereocenters. The van der Waals surface area contributed by atoms with Crippen molar-refractivity contribution in [2.75, 3.05) is 13.2 Å². The molecular formula is C11H22N2O3. The molecule has 1 amide bonds. The molecule has 0 rings (SSSR count). The first-order valence-electron chi connectivity index (χ1n) is 5.76. The first-order valence-corrected chi connectivity index (χ1v) is 5.76. The monoisotopic (exact) mass is 230 g/mol. The molecule has 0 spiro atoms. The van der Waals surface area contributed by atoms with Gasteiger partial charge in [-0.15, -0.1) is 0 Å². The number of carbonyl (C=O) groups is 2. The number of carbonyl (C=O) groups excluding carboxylic acids is 2. The number of nitrogens with one attached hydrogen (secondary N) is 1. The minimum atomic E-state index is -1.21. The third-order valence-electron chi connectivity index (χ3n) is 2.54. The highest BCUT2D eigenvalue weighted by Crippen LogP contribution is 2.05. The number of amides is 1. The van der Waals surface area contributed by atoms with E-state index >= 15 is 0 Å². The molecule has 0 aliphatic carbocycles. The van der Waals surface area contributed by atoms with E-state index in [0.717, 1.165) is 12.8 Å². The minimum Gasteiger partial charge on any atom is -0.464 e. The van der Waals surface area contributed by atoms with Gasteiger partial charge in [0.15, 0.2) is 6.04 Å². The van der Waals surface area contributed by atoms with Crippen LogP contribution in [-0.2, 0) is 14.3 Å². The lowest BCUT2D eigenvalue weighted by Gasteiger charge is -2.15. The van der Waals surface area contributed by atoms with E-state index in [0.29, 0.717) is 12.5 Å². The number of rotatable bonds is 7. The van der Waals surface area contributed by atoms with Crippen molar-refractivity contribution in [2.45, 2.75) is 39.7 Å². The Morgan fingerprint density at radius 1 is 1.25 bits per heavy atom. The van der Waals surface area contributed by atoms with Crippen LogP contribution in [0.3, 0.4) is 0 Å². The molecule has 94 valence electrons. The van der Waals surface area contributed by atoms with Crippen LogP contribution < -0.4 is 11.1 Å². The highest BCUT2D eigenvalue weighted by molar-refractivity contribution is 6.01. The molecule has 5 heteroatoms. The van der Waals surface area contributed by atoms with E-state index in [1.807, 2.05) is 0 Å². The molecule has 0 aliphatic rings. The smallest absolute Gasteiger partial charge is 0.332 e. The van der Waals surface area contributed by atoms with Crippen molar-refractivity contribution in [1.29, 1.82) is 0 Å². The molecule has 0 aliphatic heterocycles. The summed E-state index contributed by atoms with van der Waals surface area (Å²) < 4.78 is 4.66. The van der Waals surface area contributed by atoms with Crippen LogP contribution in [0.1, 0.15) is 33.6 Å². The molecule has 0 saturated heterocycles.